The van der Waals surface area contributed by atoms with E-state index in [0.29, 0.717) is 5.75 Å². The first-order valence-corrected chi connectivity index (χ1v) is 3.74. The van der Waals surface area contributed by atoms with Crippen molar-refractivity contribution in [2.24, 2.45) is 5.73 Å². The van der Waals surface area contributed by atoms with Crippen molar-refractivity contribution in [3.05, 3.63) is 36.2 Å². The van der Waals surface area contributed by atoms with E-state index in [4.69, 9.17) is 10.8 Å². The molecule has 0 unspecified atom stereocenters. The van der Waals surface area contributed by atoms with Crippen LogP contribution in [0.25, 0.3) is 0 Å². The lowest BCUT2D eigenvalue weighted by molar-refractivity contribution is 0.211. The van der Waals surface area contributed by atoms with Crippen LogP contribution in [-0.2, 0) is 0 Å². The molecule has 0 aliphatic heterocycles. The summed E-state index contributed by atoms with van der Waals surface area (Å²) in [4.78, 5) is 10.3. The van der Waals surface area contributed by atoms with Crippen LogP contribution < -0.4 is 10.5 Å². The third-order valence-corrected chi connectivity index (χ3v) is 1.43. The molecule has 13 heavy (non-hydrogen) atoms. The Labute approximate surface area is 75.9 Å². The maximum absolute atomic E-state index is 10.3. The second-order valence-corrected chi connectivity index (χ2v) is 2.38. The standard InChI is InChI=1S/C9H10NO3/c10-9(12)13-8-3-1-7(2-4-8)5-6-11/h1-5,11H,6H2,(H2,10,12). The van der Waals surface area contributed by atoms with Crippen LogP contribution in [0.3, 0.4) is 0 Å². The fourth-order valence-corrected chi connectivity index (χ4v) is 0.894. The molecule has 0 spiro atoms. The number of carbonyl (C=O) groups excluding carboxylic acids is 1. The number of ether oxygens (including phenoxy) is 1. The largest absolute Gasteiger partial charge is 0.411 e. The van der Waals surface area contributed by atoms with Crippen LogP contribution in [-0.4, -0.2) is 17.8 Å². The van der Waals surface area contributed by atoms with Crippen molar-refractivity contribution in [1.29, 1.82) is 0 Å². The normalized spacial score (nSPS) is 9.62. The predicted molar refractivity (Wildman–Crippen MR) is 47.1 cm³/mol. The molecule has 0 saturated carbocycles. The molecule has 0 aromatic heterocycles. The molecule has 4 nitrogen and oxygen atoms in total. The summed E-state index contributed by atoms with van der Waals surface area (Å²) in [6.45, 7) is -0.0178. The van der Waals surface area contributed by atoms with Crippen LogP contribution in [0.1, 0.15) is 5.56 Å². The highest BCUT2D eigenvalue weighted by molar-refractivity contribution is 5.68. The number of carbonyl (C=O) groups is 1. The van der Waals surface area contributed by atoms with Gasteiger partial charge in [-0.25, -0.2) is 4.79 Å². The smallest absolute Gasteiger partial charge is 0.409 e. The fourth-order valence-electron chi connectivity index (χ4n) is 0.894. The number of benzene rings is 1. The molecule has 69 valence electrons. The maximum atomic E-state index is 10.3. The summed E-state index contributed by atoms with van der Waals surface area (Å²) >= 11 is 0. The number of aliphatic hydroxyl groups is 1. The van der Waals surface area contributed by atoms with Crippen LogP contribution >= 0.6 is 0 Å². The average molecular weight is 180 g/mol. The summed E-state index contributed by atoms with van der Waals surface area (Å²) in [7, 11) is 0. The number of hydrogen-bond acceptors (Lipinski definition) is 3. The van der Waals surface area contributed by atoms with E-state index < -0.39 is 6.09 Å². The maximum Gasteiger partial charge on any atom is 0.409 e. The fraction of sp³-hybridized carbons (Fsp3) is 0.111. The minimum Gasteiger partial charge on any atom is -0.411 e. The van der Waals surface area contributed by atoms with Crippen molar-refractivity contribution < 1.29 is 14.6 Å². The Morgan fingerprint density at radius 1 is 1.46 bits per heavy atom. The summed E-state index contributed by atoms with van der Waals surface area (Å²) in [5.74, 6) is 0.391. The zero-order chi connectivity index (χ0) is 9.68. The molecule has 4 heteroatoms. The van der Waals surface area contributed by atoms with E-state index in [0.717, 1.165) is 5.56 Å². The number of hydrogen-bond donors (Lipinski definition) is 2. The molecule has 0 saturated heterocycles. The van der Waals surface area contributed by atoms with Crippen LogP contribution in [0, 0.1) is 6.42 Å². The van der Waals surface area contributed by atoms with Gasteiger partial charge in [-0.05, 0) is 17.7 Å². The van der Waals surface area contributed by atoms with Crippen LogP contribution in [0.5, 0.6) is 5.75 Å². The van der Waals surface area contributed by atoms with Crippen LogP contribution in [0.4, 0.5) is 4.79 Å². The predicted octanol–water partition coefficient (Wildman–Crippen LogP) is 0.689. The van der Waals surface area contributed by atoms with E-state index >= 15 is 0 Å². The molecule has 1 rings (SSSR count). The van der Waals surface area contributed by atoms with Crippen molar-refractivity contribution in [3.63, 3.8) is 0 Å². The monoisotopic (exact) mass is 180 g/mol. The summed E-state index contributed by atoms with van der Waals surface area (Å²) in [5, 5.41) is 8.57. The van der Waals surface area contributed by atoms with Crippen molar-refractivity contribution in [2.45, 2.75) is 0 Å². The second-order valence-electron chi connectivity index (χ2n) is 2.38. The van der Waals surface area contributed by atoms with Gasteiger partial charge >= 0.3 is 6.09 Å². The van der Waals surface area contributed by atoms with Gasteiger partial charge in [0, 0.05) is 6.42 Å². The third-order valence-electron chi connectivity index (χ3n) is 1.43. The van der Waals surface area contributed by atoms with E-state index in [1.165, 1.54) is 0 Å². The number of rotatable bonds is 3. The summed E-state index contributed by atoms with van der Waals surface area (Å²) < 4.78 is 4.61. The molecule has 1 aromatic rings. The molecular weight excluding hydrogens is 170 g/mol. The minimum absolute atomic E-state index is 0.0178. The van der Waals surface area contributed by atoms with Gasteiger partial charge in [-0.1, -0.05) is 12.1 Å². The SMILES string of the molecule is NC(=O)Oc1ccc([CH]CO)cc1. The van der Waals surface area contributed by atoms with Crippen molar-refractivity contribution in [2.75, 3.05) is 6.61 Å². The van der Waals surface area contributed by atoms with Gasteiger partial charge < -0.3 is 15.6 Å². The van der Waals surface area contributed by atoms with Gasteiger partial charge in [-0.3, -0.25) is 0 Å². The zero-order valence-electron chi connectivity index (χ0n) is 6.93. The zero-order valence-corrected chi connectivity index (χ0v) is 6.93. The molecule has 0 fully saturated rings. The first-order chi connectivity index (χ1) is 6.22. The average Bonchev–Trinajstić information content (AvgIpc) is 2.08. The number of nitrogens with two attached hydrogens (primary N) is 1. The quantitative estimate of drug-likeness (QED) is 0.718. The Hall–Kier alpha value is -1.55. The Bertz CT molecular complexity index is 281. The Balaban J connectivity index is 2.64. The first kappa shape index (κ1) is 9.54. The molecule has 0 aliphatic rings. The van der Waals surface area contributed by atoms with Gasteiger partial charge in [0.15, 0.2) is 0 Å². The van der Waals surface area contributed by atoms with Crippen molar-refractivity contribution in [1.82, 2.24) is 0 Å². The molecule has 0 aliphatic carbocycles. The molecular formula is C9H10NO3. The first-order valence-electron chi connectivity index (χ1n) is 3.74. The van der Waals surface area contributed by atoms with E-state index in [9.17, 15) is 4.79 Å². The van der Waals surface area contributed by atoms with Gasteiger partial charge in [0.1, 0.15) is 5.75 Å². The number of primary amides is 1. The van der Waals surface area contributed by atoms with E-state index in [2.05, 4.69) is 4.74 Å². The van der Waals surface area contributed by atoms with Gasteiger partial charge in [0.25, 0.3) is 0 Å². The molecule has 3 N–H and O–H groups in total. The highest BCUT2D eigenvalue weighted by Gasteiger charge is 1.98. The Kier molecular flexibility index (Phi) is 3.28. The molecule has 1 aromatic carbocycles. The molecule has 0 bridgehead atoms. The van der Waals surface area contributed by atoms with Crippen molar-refractivity contribution in [3.8, 4) is 5.75 Å². The van der Waals surface area contributed by atoms with Gasteiger partial charge in [0.2, 0.25) is 0 Å². The lowest BCUT2D eigenvalue weighted by atomic mass is 10.1. The molecule has 1 radical (unpaired) electrons. The summed E-state index contributed by atoms with van der Waals surface area (Å²) in [6, 6.07) is 6.64. The molecule has 1 amide bonds. The molecule has 0 atom stereocenters. The third kappa shape index (κ3) is 3.13. The lowest BCUT2D eigenvalue weighted by Crippen LogP contribution is -2.16. The van der Waals surface area contributed by atoms with Gasteiger partial charge in [0.05, 0.1) is 6.61 Å². The number of amides is 1. The topological polar surface area (TPSA) is 72.6 Å². The highest BCUT2D eigenvalue weighted by Crippen LogP contribution is 2.12. The van der Waals surface area contributed by atoms with E-state index in [-0.39, 0.29) is 6.61 Å². The van der Waals surface area contributed by atoms with E-state index in [1.807, 2.05) is 0 Å². The van der Waals surface area contributed by atoms with Gasteiger partial charge in [-0.2, -0.15) is 0 Å². The van der Waals surface area contributed by atoms with E-state index in [1.54, 1.807) is 30.7 Å². The Morgan fingerprint density at radius 2 is 2.08 bits per heavy atom. The van der Waals surface area contributed by atoms with Crippen LogP contribution in [0.2, 0.25) is 0 Å². The number of aliphatic hydroxyl groups excluding tert-OH is 1. The molecule has 0 heterocycles. The highest BCUT2D eigenvalue weighted by atomic mass is 16.5. The second kappa shape index (κ2) is 4.47. The lowest BCUT2D eigenvalue weighted by Gasteiger charge is -2.01. The summed E-state index contributed by atoms with van der Waals surface area (Å²) in [5.41, 5.74) is 5.67. The van der Waals surface area contributed by atoms with Gasteiger partial charge in [-0.15, -0.1) is 0 Å². The van der Waals surface area contributed by atoms with Crippen LogP contribution in [0.15, 0.2) is 24.3 Å². The minimum atomic E-state index is -0.834. The summed E-state index contributed by atoms with van der Waals surface area (Å²) in [6.07, 6.45) is 0.799. The Morgan fingerprint density at radius 3 is 2.54 bits per heavy atom. The van der Waals surface area contributed by atoms with Crippen molar-refractivity contribution >= 4 is 6.09 Å².